The van der Waals surface area contributed by atoms with E-state index < -0.39 is 10.0 Å². The Morgan fingerprint density at radius 3 is 2.42 bits per heavy atom. The van der Waals surface area contributed by atoms with Crippen LogP contribution < -0.4 is 5.32 Å². The van der Waals surface area contributed by atoms with Crippen LogP contribution in [0.15, 0.2) is 30.3 Å². The first kappa shape index (κ1) is 19.4. The lowest BCUT2D eigenvalue weighted by molar-refractivity contribution is -0.126. The number of hydrogen-bond acceptors (Lipinski definition) is 3. The summed E-state index contributed by atoms with van der Waals surface area (Å²) >= 11 is 0. The van der Waals surface area contributed by atoms with Gasteiger partial charge in [-0.1, -0.05) is 43.7 Å². The zero-order chi connectivity index (χ0) is 18.6. The molecule has 1 aromatic carbocycles. The van der Waals surface area contributed by atoms with Crippen LogP contribution in [0.25, 0.3) is 0 Å². The second-order valence-corrected chi connectivity index (χ2v) is 9.80. The predicted molar refractivity (Wildman–Crippen MR) is 103 cm³/mol. The van der Waals surface area contributed by atoms with Crippen LogP contribution >= 0.6 is 0 Å². The number of sulfonamides is 1. The number of nitrogens with one attached hydrogen (secondary N) is 1. The number of piperidine rings is 1. The maximum Gasteiger partial charge on any atom is 0.223 e. The van der Waals surface area contributed by atoms with Gasteiger partial charge in [0.15, 0.2) is 0 Å². The summed E-state index contributed by atoms with van der Waals surface area (Å²) in [5.41, 5.74) is 1.42. The molecule has 3 rings (SSSR count). The van der Waals surface area contributed by atoms with E-state index in [4.69, 9.17) is 0 Å². The van der Waals surface area contributed by atoms with Gasteiger partial charge in [-0.25, -0.2) is 12.7 Å². The van der Waals surface area contributed by atoms with Crippen molar-refractivity contribution in [2.75, 3.05) is 25.4 Å². The van der Waals surface area contributed by atoms with Crippen molar-refractivity contribution >= 4 is 15.9 Å². The van der Waals surface area contributed by atoms with Crippen molar-refractivity contribution in [2.24, 2.45) is 5.92 Å². The fraction of sp³-hybridized carbons (Fsp3) is 0.650. The molecule has 2 aliphatic rings. The van der Waals surface area contributed by atoms with Crippen LogP contribution in [-0.4, -0.2) is 44.0 Å². The molecule has 0 aromatic heterocycles. The first-order chi connectivity index (χ1) is 12.5. The van der Waals surface area contributed by atoms with Crippen LogP contribution in [0, 0.1) is 5.92 Å². The van der Waals surface area contributed by atoms with Gasteiger partial charge in [-0.05, 0) is 37.7 Å². The summed E-state index contributed by atoms with van der Waals surface area (Å²) in [4.78, 5) is 12.6. The fourth-order valence-corrected chi connectivity index (χ4v) is 5.44. The predicted octanol–water partition coefficient (Wildman–Crippen LogP) is 2.68. The van der Waals surface area contributed by atoms with Gasteiger partial charge in [-0.3, -0.25) is 4.79 Å². The molecule has 0 unspecified atom stereocenters. The highest BCUT2D eigenvalue weighted by atomic mass is 32.2. The molecule has 2 fully saturated rings. The first-order valence-corrected chi connectivity index (χ1v) is 11.4. The summed E-state index contributed by atoms with van der Waals surface area (Å²) in [6, 6.07) is 10.4. The van der Waals surface area contributed by atoms with Crippen molar-refractivity contribution in [3.05, 3.63) is 35.9 Å². The first-order valence-electron chi connectivity index (χ1n) is 9.78. The highest BCUT2D eigenvalue weighted by Gasteiger charge is 2.44. The van der Waals surface area contributed by atoms with Crippen molar-refractivity contribution in [1.82, 2.24) is 9.62 Å². The van der Waals surface area contributed by atoms with Gasteiger partial charge in [0.25, 0.3) is 0 Å². The maximum absolute atomic E-state index is 12.6. The van der Waals surface area contributed by atoms with E-state index in [-0.39, 0.29) is 23.0 Å². The monoisotopic (exact) mass is 378 g/mol. The van der Waals surface area contributed by atoms with Crippen LogP contribution in [0.1, 0.15) is 51.0 Å². The number of rotatable bonds is 8. The van der Waals surface area contributed by atoms with E-state index in [0.29, 0.717) is 38.9 Å². The SMILES string of the molecule is CCCCS(=O)(=O)N1CCC(C(=O)NCC2(c3ccccc3)CC2)CC1. The lowest BCUT2D eigenvalue weighted by atomic mass is 9.94. The van der Waals surface area contributed by atoms with Crippen LogP contribution in [0.5, 0.6) is 0 Å². The van der Waals surface area contributed by atoms with E-state index in [2.05, 4.69) is 17.4 Å². The molecule has 1 amide bonds. The van der Waals surface area contributed by atoms with Crippen molar-refractivity contribution in [2.45, 2.75) is 50.9 Å². The summed E-state index contributed by atoms with van der Waals surface area (Å²) in [7, 11) is -3.15. The Balaban J connectivity index is 1.47. The third kappa shape index (κ3) is 4.46. The number of carbonyl (C=O) groups is 1. The molecule has 0 bridgehead atoms. The van der Waals surface area contributed by atoms with Gasteiger partial charge in [0.1, 0.15) is 0 Å². The van der Waals surface area contributed by atoms with E-state index in [1.807, 2.05) is 25.1 Å². The number of benzene rings is 1. The molecule has 0 atom stereocenters. The summed E-state index contributed by atoms with van der Waals surface area (Å²) in [6.45, 7) is 3.61. The molecule has 6 heteroatoms. The molecule has 1 saturated carbocycles. The smallest absolute Gasteiger partial charge is 0.223 e. The Morgan fingerprint density at radius 2 is 1.85 bits per heavy atom. The van der Waals surface area contributed by atoms with E-state index >= 15 is 0 Å². The third-order valence-electron chi connectivity index (χ3n) is 5.81. The minimum Gasteiger partial charge on any atom is -0.355 e. The van der Waals surface area contributed by atoms with Gasteiger partial charge in [-0.2, -0.15) is 0 Å². The highest BCUT2D eigenvalue weighted by molar-refractivity contribution is 7.89. The fourth-order valence-electron chi connectivity index (χ4n) is 3.76. The molecule has 1 heterocycles. The molecule has 1 aromatic rings. The number of nitrogens with zero attached hydrogens (tertiary/aromatic N) is 1. The molecule has 0 spiro atoms. The van der Waals surface area contributed by atoms with Gasteiger partial charge < -0.3 is 5.32 Å². The van der Waals surface area contributed by atoms with Crippen LogP contribution in [0.2, 0.25) is 0 Å². The maximum atomic E-state index is 12.6. The second-order valence-electron chi connectivity index (χ2n) is 7.71. The van der Waals surface area contributed by atoms with Crippen LogP contribution in [-0.2, 0) is 20.2 Å². The Morgan fingerprint density at radius 1 is 1.19 bits per heavy atom. The molecule has 26 heavy (non-hydrogen) atoms. The van der Waals surface area contributed by atoms with E-state index in [9.17, 15) is 13.2 Å². The Bertz CT molecular complexity index is 706. The van der Waals surface area contributed by atoms with Crippen molar-refractivity contribution in [3.8, 4) is 0 Å². The average Bonchev–Trinajstić information content (AvgIpc) is 3.46. The zero-order valence-electron chi connectivity index (χ0n) is 15.6. The molecule has 0 radical (unpaired) electrons. The number of unbranched alkanes of at least 4 members (excludes halogenated alkanes) is 1. The molecule has 1 aliphatic carbocycles. The van der Waals surface area contributed by atoms with Crippen molar-refractivity contribution in [3.63, 3.8) is 0 Å². The van der Waals surface area contributed by atoms with Gasteiger partial charge in [-0.15, -0.1) is 0 Å². The van der Waals surface area contributed by atoms with Crippen molar-refractivity contribution in [1.29, 1.82) is 0 Å². The highest BCUT2D eigenvalue weighted by Crippen LogP contribution is 2.47. The number of hydrogen-bond donors (Lipinski definition) is 1. The minimum atomic E-state index is -3.15. The molecular weight excluding hydrogens is 348 g/mol. The average molecular weight is 379 g/mol. The summed E-state index contributed by atoms with van der Waals surface area (Å²) in [5.74, 6) is 0.233. The molecule has 5 nitrogen and oxygen atoms in total. The third-order valence-corrected chi connectivity index (χ3v) is 7.77. The van der Waals surface area contributed by atoms with E-state index in [1.54, 1.807) is 4.31 Å². The summed E-state index contributed by atoms with van der Waals surface area (Å²) in [6.07, 6.45) is 5.05. The van der Waals surface area contributed by atoms with E-state index in [1.165, 1.54) is 5.56 Å². The molecular formula is C20H30N2O3S. The Hall–Kier alpha value is -1.40. The van der Waals surface area contributed by atoms with Crippen LogP contribution in [0.4, 0.5) is 0 Å². The second kappa shape index (κ2) is 8.09. The van der Waals surface area contributed by atoms with Gasteiger partial charge in [0.2, 0.25) is 15.9 Å². The van der Waals surface area contributed by atoms with Gasteiger partial charge >= 0.3 is 0 Å². The molecule has 144 valence electrons. The van der Waals surface area contributed by atoms with Gasteiger partial charge in [0.05, 0.1) is 5.75 Å². The lowest BCUT2D eigenvalue weighted by Crippen LogP contribution is -2.44. The topological polar surface area (TPSA) is 66.5 Å². The molecule has 1 saturated heterocycles. The van der Waals surface area contributed by atoms with Crippen LogP contribution in [0.3, 0.4) is 0 Å². The Labute approximate surface area is 157 Å². The lowest BCUT2D eigenvalue weighted by Gasteiger charge is -2.31. The molecule has 1 N–H and O–H groups in total. The van der Waals surface area contributed by atoms with E-state index in [0.717, 1.165) is 19.3 Å². The Kier molecular flexibility index (Phi) is 6.03. The van der Waals surface area contributed by atoms with Gasteiger partial charge in [0, 0.05) is 31.0 Å². The molecule has 1 aliphatic heterocycles. The van der Waals surface area contributed by atoms with Crippen molar-refractivity contribution < 1.29 is 13.2 Å². The number of carbonyl (C=O) groups excluding carboxylic acids is 1. The quantitative estimate of drug-likeness (QED) is 0.756. The number of amides is 1. The summed E-state index contributed by atoms with van der Waals surface area (Å²) in [5, 5.41) is 3.13. The summed E-state index contributed by atoms with van der Waals surface area (Å²) < 4.78 is 26.1. The standard InChI is InChI=1S/C20H30N2O3S/c1-2-3-15-26(24,25)22-13-9-17(10-14-22)19(23)21-16-20(11-12-20)18-7-5-4-6-8-18/h4-8,17H,2-3,9-16H2,1H3,(H,21,23). The zero-order valence-corrected chi connectivity index (χ0v) is 16.4. The minimum absolute atomic E-state index is 0.0702. The largest absolute Gasteiger partial charge is 0.355 e. The normalized spacial score (nSPS) is 20.7.